The summed E-state index contributed by atoms with van der Waals surface area (Å²) in [7, 11) is 0. The number of hydrogen-bond acceptors (Lipinski definition) is 4. The fraction of sp³-hybridized carbons (Fsp3) is 0.333. The van der Waals surface area contributed by atoms with Gasteiger partial charge in [0.25, 0.3) is 0 Å². The predicted molar refractivity (Wildman–Crippen MR) is 79.6 cm³/mol. The van der Waals surface area contributed by atoms with Crippen molar-refractivity contribution in [3.8, 4) is 0 Å². The molecule has 0 saturated carbocycles. The van der Waals surface area contributed by atoms with Gasteiger partial charge in [0.05, 0.1) is 11.7 Å². The molecule has 5 heteroatoms. The number of nitrogens with zero attached hydrogens (tertiary/aromatic N) is 2. The van der Waals surface area contributed by atoms with Gasteiger partial charge in [-0.3, -0.25) is 0 Å². The van der Waals surface area contributed by atoms with Crippen LogP contribution in [-0.2, 0) is 0 Å². The molecule has 0 aliphatic carbocycles. The summed E-state index contributed by atoms with van der Waals surface area (Å²) in [5.74, 6) is 1.58. The van der Waals surface area contributed by atoms with Gasteiger partial charge in [0.1, 0.15) is 11.6 Å². The highest BCUT2D eigenvalue weighted by atomic mass is 32.2. The molecule has 1 atom stereocenters. The van der Waals surface area contributed by atoms with Gasteiger partial charge in [-0.05, 0) is 55.7 Å². The van der Waals surface area contributed by atoms with Gasteiger partial charge in [0, 0.05) is 10.6 Å². The van der Waals surface area contributed by atoms with Crippen molar-refractivity contribution in [2.24, 2.45) is 0 Å². The number of fused-ring (bicyclic) bond motifs is 1. The molecule has 1 aliphatic heterocycles. The van der Waals surface area contributed by atoms with Gasteiger partial charge >= 0.3 is 0 Å². The van der Waals surface area contributed by atoms with E-state index in [9.17, 15) is 4.39 Å². The second-order valence-electron chi connectivity index (χ2n) is 5.01. The van der Waals surface area contributed by atoms with Crippen LogP contribution in [0.2, 0.25) is 0 Å². The number of benzene rings is 1. The number of nitrogens with one attached hydrogen (secondary N) is 1. The van der Waals surface area contributed by atoms with E-state index < -0.39 is 0 Å². The number of aryl methyl sites for hydroxylation is 2. The maximum Gasteiger partial charge on any atom is 0.149 e. The summed E-state index contributed by atoms with van der Waals surface area (Å²) in [5.41, 5.74) is 3.05. The fourth-order valence-corrected chi connectivity index (χ4v) is 3.42. The summed E-state index contributed by atoms with van der Waals surface area (Å²) >= 11 is 1.77. The Bertz CT molecular complexity index is 645. The lowest BCUT2D eigenvalue weighted by molar-refractivity contribution is 0.615. The van der Waals surface area contributed by atoms with E-state index in [1.807, 2.05) is 26.0 Å². The van der Waals surface area contributed by atoms with Gasteiger partial charge in [0.2, 0.25) is 0 Å². The van der Waals surface area contributed by atoms with Gasteiger partial charge in [-0.2, -0.15) is 5.10 Å². The molecule has 104 valence electrons. The Morgan fingerprint density at radius 2 is 2.10 bits per heavy atom. The highest BCUT2D eigenvalue weighted by Crippen LogP contribution is 2.38. The average Bonchev–Trinajstić information content (AvgIpc) is 2.44. The number of anilines is 1. The molecule has 0 amide bonds. The van der Waals surface area contributed by atoms with Crippen molar-refractivity contribution in [1.29, 1.82) is 0 Å². The predicted octanol–water partition coefficient (Wildman–Crippen LogP) is 3.88. The fourth-order valence-electron chi connectivity index (χ4n) is 2.31. The average molecular weight is 289 g/mol. The Hall–Kier alpha value is -1.62. The maximum absolute atomic E-state index is 13.5. The van der Waals surface area contributed by atoms with Crippen LogP contribution in [0.3, 0.4) is 0 Å². The number of aromatic nitrogens is 2. The summed E-state index contributed by atoms with van der Waals surface area (Å²) in [6.45, 7) is 3.95. The van der Waals surface area contributed by atoms with E-state index >= 15 is 0 Å². The third-order valence-electron chi connectivity index (χ3n) is 3.57. The zero-order valence-electron chi connectivity index (χ0n) is 11.5. The standard InChI is InChI=1S/C15H16FN3S/c1-9-7-15(19-18-10(9)2)17-13-5-6-20-14-4-3-11(16)8-12(13)14/h3-4,7-8,13H,5-6H2,1-2H3,(H,17,19). The summed E-state index contributed by atoms with van der Waals surface area (Å²) in [4.78, 5) is 1.15. The zero-order chi connectivity index (χ0) is 14.1. The number of rotatable bonds is 2. The second-order valence-corrected chi connectivity index (χ2v) is 6.15. The molecular weight excluding hydrogens is 273 g/mol. The molecule has 1 aromatic heterocycles. The van der Waals surface area contributed by atoms with Gasteiger partial charge < -0.3 is 5.32 Å². The van der Waals surface area contributed by atoms with E-state index in [1.165, 1.54) is 6.07 Å². The molecule has 0 saturated heterocycles. The van der Waals surface area contributed by atoms with E-state index in [0.717, 1.165) is 39.7 Å². The summed E-state index contributed by atoms with van der Waals surface area (Å²) < 4.78 is 13.5. The molecule has 2 heterocycles. The van der Waals surface area contributed by atoms with Crippen molar-refractivity contribution in [1.82, 2.24) is 10.2 Å². The Labute approximate surface area is 122 Å². The van der Waals surface area contributed by atoms with Gasteiger partial charge in [-0.1, -0.05) is 0 Å². The molecule has 2 aromatic rings. The van der Waals surface area contributed by atoms with Crippen LogP contribution in [0.15, 0.2) is 29.2 Å². The van der Waals surface area contributed by atoms with Gasteiger partial charge in [-0.15, -0.1) is 16.9 Å². The third-order valence-corrected chi connectivity index (χ3v) is 4.69. The van der Waals surface area contributed by atoms with Crippen LogP contribution in [-0.4, -0.2) is 16.0 Å². The van der Waals surface area contributed by atoms with Crippen molar-refractivity contribution in [3.05, 3.63) is 46.9 Å². The van der Waals surface area contributed by atoms with Crippen LogP contribution in [0.5, 0.6) is 0 Å². The molecule has 0 radical (unpaired) electrons. The Morgan fingerprint density at radius 3 is 2.90 bits per heavy atom. The van der Waals surface area contributed by atoms with Crippen LogP contribution in [0.1, 0.15) is 29.3 Å². The monoisotopic (exact) mass is 289 g/mol. The normalized spacial score (nSPS) is 17.6. The van der Waals surface area contributed by atoms with Crippen molar-refractivity contribution in [2.75, 3.05) is 11.1 Å². The zero-order valence-corrected chi connectivity index (χ0v) is 12.3. The lowest BCUT2D eigenvalue weighted by Crippen LogP contribution is -2.17. The van der Waals surface area contributed by atoms with Crippen molar-refractivity contribution in [2.45, 2.75) is 31.2 Å². The topological polar surface area (TPSA) is 37.8 Å². The smallest absolute Gasteiger partial charge is 0.149 e. The van der Waals surface area contributed by atoms with Crippen LogP contribution in [0, 0.1) is 19.7 Å². The van der Waals surface area contributed by atoms with Gasteiger partial charge in [-0.25, -0.2) is 4.39 Å². The van der Waals surface area contributed by atoms with Gasteiger partial charge in [0.15, 0.2) is 0 Å². The maximum atomic E-state index is 13.5. The van der Waals surface area contributed by atoms with E-state index in [2.05, 4.69) is 15.5 Å². The molecule has 3 nitrogen and oxygen atoms in total. The molecule has 0 fully saturated rings. The minimum atomic E-state index is -0.191. The molecule has 0 spiro atoms. The minimum Gasteiger partial charge on any atom is -0.362 e. The molecular formula is C15H16FN3S. The summed E-state index contributed by atoms with van der Waals surface area (Å²) in [6.07, 6.45) is 0.954. The van der Waals surface area contributed by atoms with E-state index in [-0.39, 0.29) is 11.9 Å². The minimum absolute atomic E-state index is 0.0957. The quantitative estimate of drug-likeness (QED) is 0.910. The van der Waals surface area contributed by atoms with Crippen molar-refractivity contribution < 1.29 is 4.39 Å². The van der Waals surface area contributed by atoms with E-state index in [0.29, 0.717) is 0 Å². The Morgan fingerprint density at radius 1 is 1.25 bits per heavy atom. The lowest BCUT2D eigenvalue weighted by Gasteiger charge is -2.26. The largest absolute Gasteiger partial charge is 0.362 e. The first kappa shape index (κ1) is 13.4. The highest BCUT2D eigenvalue weighted by molar-refractivity contribution is 7.99. The molecule has 20 heavy (non-hydrogen) atoms. The Balaban J connectivity index is 1.89. The highest BCUT2D eigenvalue weighted by Gasteiger charge is 2.21. The number of halogens is 1. The van der Waals surface area contributed by atoms with E-state index in [1.54, 1.807) is 17.8 Å². The first-order chi connectivity index (χ1) is 9.63. The SMILES string of the molecule is Cc1cc(NC2CCSc3ccc(F)cc32)nnc1C. The first-order valence-corrected chi connectivity index (χ1v) is 7.62. The Kier molecular flexibility index (Phi) is 3.61. The molecule has 3 rings (SSSR count). The summed E-state index contributed by atoms with van der Waals surface area (Å²) in [6, 6.07) is 7.08. The van der Waals surface area contributed by atoms with Crippen molar-refractivity contribution in [3.63, 3.8) is 0 Å². The molecule has 1 unspecified atom stereocenters. The number of hydrogen-bond donors (Lipinski definition) is 1. The van der Waals surface area contributed by atoms with Crippen LogP contribution in [0.4, 0.5) is 10.2 Å². The van der Waals surface area contributed by atoms with Crippen LogP contribution in [0.25, 0.3) is 0 Å². The summed E-state index contributed by atoms with van der Waals surface area (Å²) in [5, 5.41) is 11.7. The number of thioether (sulfide) groups is 1. The lowest BCUT2D eigenvalue weighted by atomic mass is 10.0. The van der Waals surface area contributed by atoms with Crippen LogP contribution >= 0.6 is 11.8 Å². The molecule has 1 aliphatic rings. The first-order valence-electron chi connectivity index (χ1n) is 6.63. The van der Waals surface area contributed by atoms with Crippen molar-refractivity contribution >= 4 is 17.6 Å². The third kappa shape index (κ3) is 2.63. The van der Waals surface area contributed by atoms with Crippen LogP contribution < -0.4 is 5.32 Å². The second kappa shape index (κ2) is 5.40. The molecule has 1 N–H and O–H groups in total. The molecule has 1 aromatic carbocycles. The van der Waals surface area contributed by atoms with E-state index in [4.69, 9.17) is 0 Å². The molecule has 0 bridgehead atoms.